The number of hydrogen-bond acceptors (Lipinski definition) is 2. The van der Waals surface area contributed by atoms with E-state index in [-0.39, 0.29) is 5.69 Å². The number of nitrogens with zero attached hydrogens (tertiary/aromatic N) is 2. The van der Waals surface area contributed by atoms with E-state index in [9.17, 15) is 9.90 Å². The third-order valence-electron chi connectivity index (χ3n) is 2.63. The molecule has 0 bridgehead atoms. The molecule has 17 heavy (non-hydrogen) atoms. The van der Waals surface area contributed by atoms with Crippen molar-refractivity contribution < 1.29 is 9.90 Å². The molecular formula is C12H13ClN2O2. The second kappa shape index (κ2) is 4.37. The van der Waals surface area contributed by atoms with Gasteiger partial charge < -0.3 is 5.11 Å². The fourth-order valence-electron chi connectivity index (χ4n) is 1.95. The molecule has 2 aromatic heterocycles. The quantitative estimate of drug-likeness (QED) is 0.914. The van der Waals surface area contributed by atoms with E-state index in [4.69, 9.17) is 11.6 Å². The first-order valence-corrected chi connectivity index (χ1v) is 5.82. The Morgan fingerprint density at radius 1 is 1.59 bits per heavy atom. The summed E-state index contributed by atoms with van der Waals surface area (Å²) >= 11 is 5.95. The number of imidazole rings is 1. The Balaban J connectivity index is 2.80. The molecule has 1 N–H and O–H groups in total. The van der Waals surface area contributed by atoms with Crippen LogP contribution in [0, 0.1) is 6.92 Å². The van der Waals surface area contributed by atoms with E-state index >= 15 is 0 Å². The molecule has 0 atom stereocenters. The molecule has 2 aromatic rings. The average Bonchev–Trinajstić information content (AvgIpc) is 2.57. The summed E-state index contributed by atoms with van der Waals surface area (Å²) in [4.78, 5) is 15.7. The Morgan fingerprint density at radius 3 is 2.88 bits per heavy atom. The minimum Gasteiger partial charge on any atom is -0.477 e. The van der Waals surface area contributed by atoms with Gasteiger partial charge in [-0.1, -0.05) is 24.9 Å². The van der Waals surface area contributed by atoms with Crippen LogP contribution in [0.4, 0.5) is 0 Å². The van der Waals surface area contributed by atoms with Gasteiger partial charge in [-0.15, -0.1) is 0 Å². The number of carboxylic acids is 1. The maximum absolute atomic E-state index is 11.3. The van der Waals surface area contributed by atoms with Crippen LogP contribution in [0.2, 0.25) is 5.02 Å². The zero-order chi connectivity index (χ0) is 12.6. The molecular weight excluding hydrogens is 240 g/mol. The molecule has 0 aliphatic heterocycles. The Morgan fingerprint density at radius 2 is 2.29 bits per heavy atom. The summed E-state index contributed by atoms with van der Waals surface area (Å²) in [6.07, 6.45) is 3.11. The number of rotatable bonds is 3. The highest BCUT2D eigenvalue weighted by Gasteiger charge is 2.19. The van der Waals surface area contributed by atoms with E-state index in [1.54, 1.807) is 16.7 Å². The molecule has 0 aliphatic carbocycles. The second-order valence-corrected chi connectivity index (χ2v) is 4.43. The Bertz CT molecular complexity index is 590. The molecule has 0 saturated carbocycles. The summed E-state index contributed by atoms with van der Waals surface area (Å²) in [5.41, 5.74) is 2.37. The summed E-state index contributed by atoms with van der Waals surface area (Å²) in [6.45, 7) is 3.87. The van der Waals surface area contributed by atoms with Crippen LogP contribution in [0.5, 0.6) is 0 Å². The largest absolute Gasteiger partial charge is 0.477 e. The van der Waals surface area contributed by atoms with Crippen LogP contribution in [-0.2, 0) is 6.42 Å². The van der Waals surface area contributed by atoms with Crippen LogP contribution >= 0.6 is 11.6 Å². The Hall–Kier alpha value is -1.55. The summed E-state index contributed by atoms with van der Waals surface area (Å²) in [6, 6.07) is 1.78. The topological polar surface area (TPSA) is 54.6 Å². The lowest BCUT2D eigenvalue weighted by atomic mass is 10.2. The van der Waals surface area contributed by atoms with Gasteiger partial charge in [0.05, 0.1) is 10.7 Å². The summed E-state index contributed by atoms with van der Waals surface area (Å²) < 4.78 is 1.56. The van der Waals surface area contributed by atoms with Gasteiger partial charge in [0.2, 0.25) is 0 Å². The van der Waals surface area contributed by atoms with Crippen molar-refractivity contribution in [3.63, 3.8) is 0 Å². The molecule has 0 aliphatic rings. The predicted octanol–water partition coefficient (Wildman–Crippen LogP) is 2.95. The van der Waals surface area contributed by atoms with E-state index in [1.165, 1.54) is 0 Å². The van der Waals surface area contributed by atoms with Gasteiger partial charge in [0.15, 0.2) is 5.69 Å². The molecule has 0 fully saturated rings. The highest BCUT2D eigenvalue weighted by Crippen LogP contribution is 2.21. The summed E-state index contributed by atoms with van der Waals surface area (Å²) in [7, 11) is 0. The molecule has 0 amide bonds. The lowest BCUT2D eigenvalue weighted by Crippen LogP contribution is -2.05. The minimum absolute atomic E-state index is 0.215. The van der Waals surface area contributed by atoms with Crippen LogP contribution in [-0.4, -0.2) is 20.5 Å². The van der Waals surface area contributed by atoms with Crippen molar-refractivity contribution >= 4 is 23.2 Å². The van der Waals surface area contributed by atoms with Gasteiger partial charge in [0.25, 0.3) is 0 Å². The number of hydrogen-bond donors (Lipinski definition) is 1. The number of aryl methyl sites for hydroxylation is 2. The first-order valence-electron chi connectivity index (χ1n) is 5.45. The monoisotopic (exact) mass is 252 g/mol. The first-order chi connectivity index (χ1) is 8.04. The van der Waals surface area contributed by atoms with Crippen LogP contribution in [0.3, 0.4) is 0 Å². The van der Waals surface area contributed by atoms with Gasteiger partial charge in [0, 0.05) is 6.20 Å². The zero-order valence-corrected chi connectivity index (χ0v) is 10.5. The molecule has 2 rings (SSSR count). The van der Waals surface area contributed by atoms with E-state index in [0.29, 0.717) is 22.8 Å². The molecule has 0 saturated heterocycles. The lowest BCUT2D eigenvalue weighted by molar-refractivity contribution is 0.0688. The van der Waals surface area contributed by atoms with Gasteiger partial charge in [-0.25, -0.2) is 9.78 Å². The van der Waals surface area contributed by atoms with Gasteiger partial charge in [0.1, 0.15) is 5.65 Å². The molecule has 2 heterocycles. The number of fused-ring (bicyclic) bond motifs is 1. The van der Waals surface area contributed by atoms with Gasteiger partial charge in [-0.3, -0.25) is 4.40 Å². The minimum atomic E-state index is -0.970. The molecule has 4 nitrogen and oxygen atoms in total. The number of carboxylic acid groups (broad SMARTS) is 1. The van der Waals surface area contributed by atoms with Crippen molar-refractivity contribution in [1.82, 2.24) is 9.38 Å². The highest BCUT2D eigenvalue weighted by molar-refractivity contribution is 6.30. The normalized spacial score (nSPS) is 11.0. The Kier molecular flexibility index (Phi) is 3.07. The van der Waals surface area contributed by atoms with Gasteiger partial charge >= 0.3 is 5.97 Å². The van der Waals surface area contributed by atoms with E-state index < -0.39 is 5.97 Å². The first kappa shape index (κ1) is 11.9. The molecule has 0 unspecified atom stereocenters. The summed E-state index contributed by atoms with van der Waals surface area (Å²) in [5, 5.41) is 9.77. The Labute approximate surface area is 104 Å². The van der Waals surface area contributed by atoms with Crippen molar-refractivity contribution in [2.24, 2.45) is 0 Å². The van der Waals surface area contributed by atoms with Crippen molar-refractivity contribution in [2.45, 2.75) is 26.7 Å². The SMILES string of the molecule is CCCc1nc2c(C)cc(Cl)cn2c1C(=O)O. The third kappa shape index (κ3) is 2.00. The fraction of sp³-hybridized carbons (Fsp3) is 0.333. The lowest BCUT2D eigenvalue weighted by Gasteiger charge is -2.01. The van der Waals surface area contributed by atoms with Crippen LogP contribution in [0.15, 0.2) is 12.3 Å². The molecule has 0 aromatic carbocycles. The number of aromatic nitrogens is 2. The van der Waals surface area contributed by atoms with Crippen LogP contribution in [0.1, 0.15) is 35.1 Å². The maximum Gasteiger partial charge on any atom is 0.354 e. The molecule has 5 heteroatoms. The van der Waals surface area contributed by atoms with Crippen LogP contribution in [0.25, 0.3) is 5.65 Å². The maximum atomic E-state index is 11.3. The number of halogens is 1. The highest BCUT2D eigenvalue weighted by atomic mass is 35.5. The third-order valence-corrected chi connectivity index (χ3v) is 2.84. The molecule has 0 spiro atoms. The van der Waals surface area contributed by atoms with Crippen molar-refractivity contribution in [1.29, 1.82) is 0 Å². The van der Waals surface area contributed by atoms with Crippen LogP contribution < -0.4 is 0 Å². The standard InChI is InChI=1S/C12H13ClN2O2/c1-3-4-9-10(12(16)17)15-6-8(13)5-7(2)11(15)14-9/h5-6H,3-4H2,1-2H3,(H,16,17). The summed E-state index contributed by atoms with van der Waals surface area (Å²) in [5.74, 6) is -0.970. The zero-order valence-electron chi connectivity index (χ0n) is 9.70. The smallest absolute Gasteiger partial charge is 0.354 e. The van der Waals surface area contributed by atoms with E-state index in [0.717, 1.165) is 12.0 Å². The molecule has 0 radical (unpaired) electrons. The average molecular weight is 253 g/mol. The van der Waals surface area contributed by atoms with Crippen molar-refractivity contribution in [2.75, 3.05) is 0 Å². The number of pyridine rings is 1. The molecule has 90 valence electrons. The predicted molar refractivity (Wildman–Crippen MR) is 65.9 cm³/mol. The fourth-order valence-corrected chi connectivity index (χ4v) is 2.21. The van der Waals surface area contributed by atoms with Crippen molar-refractivity contribution in [3.8, 4) is 0 Å². The van der Waals surface area contributed by atoms with Crippen molar-refractivity contribution in [3.05, 3.63) is 34.2 Å². The van der Waals surface area contributed by atoms with Gasteiger partial charge in [-0.05, 0) is 25.0 Å². The van der Waals surface area contributed by atoms with E-state index in [1.807, 2.05) is 13.8 Å². The van der Waals surface area contributed by atoms with Gasteiger partial charge in [-0.2, -0.15) is 0 Å². The number of aromatic carboxylic acids is 1. The number of carbonyl (C=O) groups is 1. The second-order valence-electron chi connectivity index (χ2n) is 4.00. The van der Waals surface area contributed by atoms with E-state index in [2.05, 4.69) is 4.98 Å².